The molecule has 0 fully saturated rings. The second-order valence-electron chi connectivity index (χ2n) is 6.12. The van der Waals surface area contributed by atoms with E-state index < -0.39 is 16.2 Å². The largest absolute Gasteiger partial charge is 0.349 e. The Hall–Kier alpha value is -2.96. The lowest BCUT2D eigenvalue weighted by Gasteiger charge is -2.42. The zero-order valence-corrected chi connectivity index (χ0v) is 13.9. The Bertz CT molecular complexity index is 835. The van der Waals surface area contributed by atoms with Crippen LogP contribution in [-0.4, -0.2) is 23.3 Å². The van der Waals surface area contributed by atoms with Crippen LogP contribution in [0.2, 0.25) is 0 Å². The van der Waals surface area contributed by atoms with Gasteiger partial charge in [-0.05, 0) is 23.8 Å². The van der Waals surface area contributed by atoms with Crippen LogP contribution < -0.4 is 16.4 Å². The molecule has 0 heterocycles. The van der Waals surface area contributed by atoms with E-state index in [0.29, 0.717) is 5.57 Å². The first kappa shape index (κ1) is 16.9. The first-order valence-corrected chi connectivity index (χ1v) is 7.87. The number of nitrogens with two attached hydrogens (primary N) is 2. The molecule has 6 nitrogen and oxygen atoms in total. The van der Waals surface area contributed by atoms with Gasteiger partial charge in [0.15, 0.2) is 0 Å². The van der Waals surface area contributed by atoms with Crippen molar-refractivity contribution in [2.24, 2.45) is 11.5 Å². The van der Waals surface area contributed by atoms with Crippen LogP contribution >= 0.6 is 0 Å². The summed E-state index contributed by atoms with van der Waals surface area (Å²) in [5.74, 6) is 0. The predicted octanol–water partition coefficient (Wildman–Crippen LogP) is 2.36. The van der Waals surface area contributed by atoms with E-state index in [4.69, 9.17) is 11.5 Å². The Balaban J connectivity index is 2.15. The molecule has 0 spiro atoms. The topological polar surface area (TPSA) is 98.4 Å². The number of hydrogen-bond acceptors (Lipinski definition) is 5. The van der Waals surface area contributed by atoms with Crippen molar-refractivity contribution in [1.29, 1.82) is 0 Å². The fourth-order valence-corrected chi connectivity index (χ4v) is 2.95. The van der Waals surface area contributed by atoms with Gasteiger partial charge in [0.1, 0.15) is 5.66 Å². The van der Waals surface area contributed by atoms with Gasteiger partial charge in [-0.25, -0.2) is 0 Å². The average molecular weight is 336 g/mol. The van der Waals surface area contributed by atoms with Gasteiger partial charge in [0.2, 0.25) is 0 Å². The lowest BCUT2D eigenvalue weighted by Crippen LogP contribution is -2.58. The third-order valence-corrected chi connectivity index (χ3v) is 4.51. The average Bonchev–Trinajstić information content (AvgIpc) is 2.64. The summed E-state index contributed by atoms with van der Waals surface area (Å²) in [7, 11) is 1.85. The molecule has 6 heteroatoms. The third-order valence-electron chi connectivity index (χ3n) is 4.51. The van der Waals surface area contributed by atoms with Gasteiger partial charge in [-0.3, -0.25) is 15.8 Å². The Morgan fingerprint density at radius 3 is 2.08 bits per heavy atom. The first-order chi connectivity index (χ1) is 11.9. The number of hydrogen-bond donors (Lipinski definition) is 2. The van der Waals surface area contributed by atoms with E-state index in [-0.39, 0.29) is 0 Å². The molecule has 0 saturated carbocycles. The molecule has 2 aromatic rings. The Kier molecular flexibility index (Phi) is 4.16. The van der Waals surface area contributed by atoms with E-state index in [2.05, 4.69) is 0 Å². The van der Waals surface area contributed by atoms with Gasteiger partial charge in [-0.15, -0.1) is 0 Å². The molecule has 0 saturated heterocycles. The first-order valence-electron chi connectivity index (χ1n) is 7.87. The van der Waals surface area contributed by atoms with Crippen LogP contribution in [0.25, 0.3) is 5.57 Å². The third kappa shape index (κ3) is 2.93. The normalized spacial score (nSPS) is 25.3. The van der Waals surface area contributed by atoms with Crippen LogP contribution in [0.5, 0.6) is 0 Å². The van der Waals surface area contributed by atoms with Crippen LogP contribution in [0.4, 0.5) is 5.69 Å². The number of likely N-dealkylation sites (N-methyl/N-ethyl adjacent to an activating group) is 1. The molecular weight excluding hydrogens is 316 g/mol. The molecule has 1 aliphatic rings. The van der Waals surface area contributed by atoms with Gasteiger partial charge >= 0.3 is 5.66 Å². The molecule has 1 aliphatic carbocycles. The van der Waals surface area contributed by atoms with Gasteiger partial charge in [-0.1, -0.05) is 48.5 Å². The monoisotopic (exact) mass is 336 g/mol. The maximum absolute atomic E-state index is 11.4. The number of para-hydroxylation sites is 1. The Labute approximate surface area is 146 Å². The lowest BCUT2D eigenvalue weighted by atomic mass is 9.83. The molecule has 25 heavy (non-hydrogen) atoms. The van der Waals surface area contributed by atoms with Crippen LogP contribution in [0, 0.1) is 10.1 Å². The van der Waals surface area contributed by atoms with E-state index in [1.54, 1.807) is 6.08 Å². The number of nitro groups is 1. The summed E-state index contributed by atoms with van der Waals surface area (Å²) in [6.07, 6.45) is 4.38. The summed E-state index contributed by atoms with van der Waals surface area (Å²) in [5.41, 5.74) is 12.1. The molecule has 0 amide bonds. The highest BCUT2D eigenvalue weighted by atomic mass is 16.6. The number of nitrogens with zero attached hydrogens (tertiary/aromatic N) is 2. The van der Waals surface area contributed by atoms with Gasteiger partial charge < -0.3 is 10.6 Å². The van der Waals surface area contributed by atoms with Crippen LogP contribution in [0.1, 0.15) is 5.56 Å². The Morgan fingerprint density at radius 1 is 0.960 bits per heavy atom. The summed E-state index contributed by atoms with van der Waals surface area (Å²) in [6, 6.07) is 19.0. The van der Waals surface area contributed by atoms with Gasteiger partial charge in [0.25, 0.3) is 0 Å². The van der Waals surface area contributed by atoms with Crippen molar-refractivity contribution in [2.45, 2.75) is 11.3 Å². The molecule has 0 aliphatic heterocycles. The van der Waals surface area contributed by atoms with E-state index in [1.807, 2.05) is 72.6 Å². The van der Waals surface area contributed by atoms with Gasteiger partial charge in [0, 0.05) is 30.5 Å². The minimum absolute atomic E-state index is 0.519. The molecule has 2 unspecified atom stereocenters. The molecule has 0 bridgehead atoms. The summed E-state index contributed by atoms with van der Waals surface area (Å²) >= 11 is 0. The lowest BCUT2D eigenvalue weighted by molar-refractivity contribution is -0.539. The molecule has 0 aromatic heterocycles. The minimum atomic E-state index is -1.79. The van der Waals surface area contributed by atoms with Crippen LogP contribution in [0.3, 0.4) is 0 Å². The fourth-order valence-electron chi connectivity index (χ4n) is 2.95. The van der Waals surface area contributed by atoms with Gasteiger partial charge in [0.05, 0.1) is 4.92 Å². The molecule has 128 valence electrons. The highest BCUT2D eigenvalue weighted by Gasteiger charge is 2.44. The van der Waals surface area contributed by atoms with E-state index in [1.165, 1.54) is 12.2 Å². The quantitative estimate of drug-likeness (QED) is 0.386. The number of benzene rings is 2. The number of anilines is 1. The SMILES string of the molecule is CN(c1ccccc1)C1(N)C=CC(N)([N+](=O)[O-])C=C1c1ccccc1. The maximum atomic E-state index is 11.4. The second-order valence-corrected chi connectivity index (χ2v) is 6.12. The smallest absolute Gasteiger partial charge is 0.311 e. The summed E-state index contributed by atoms with van der Waals surface area (Å²) < 4.78 is 0. The zero-order chi connectivity index (χ0) is 18.1. The van der Waals surface area contributed by atoms with Crippen molar-refractivity contribution in [1.82, 2.24) is 0 Å². The number of rotatable bonds is 4. The zero-order valence-electron chi connectivity index (χ0n) is 13.9. The van der Waals surface area contributed by atoms with E-state index >= 15 is 0 Å². The van der Waals surface area contributed by atoms with Crippen molar-refractivity contribution in [3.8, 4) is 0 Å². The second kappa shape index (κ2) is 6.16. The molecule has 0 radical (unpaired) electrons. The van der Waals surface area contributed by atoms with Gasteiger partial charge in [-0.2, -0.15) is 0 Å². The van der Waals surface area contributed by atoms with Crippen molar-refractivity contribution in [2.75, 3.05) is 11.9 Å². The Morgan fingerprint density at radius 2 is 1.52 bits per heavy atom. The van der Waals surface area contributed by atoms with E-state index in [9.17, 15) is 10.1 Å². The maximum Gasteiger partial charge on any atom is 0.311 e. The summed E-state index contributed by atoms with van der Waals surface area (Å²) in [4.78, 5) is 12.8. The minimum Gasteiger partial charge on any atom is -0.349 e. The van der Waals surface area contributed by atoms with Crippen molar-refractivity contribution in [3.05, 3.63) is 94.6 Å². The predicted molar refractivity (Wildman–Crippen MR) is 99.2 cm³/mol. The van der Waals surface area contributed by atoms with Crippen LogP contribution in [-0.2, 0) is 0 Å². The molecule has 4 N–H and O–H groups in total. The van der Waals surface area contributed by atoms with Crippen molar-refractivity contribution >= 4 is 11.3 Å². The van der Waals surface area contributed by atoms with Crippen molar-refractivity contribution in [3.63, 3.8) is 0 Å². The summed E-state index contributed by atoms with van der Waals surface area (Å²) in [6.45, 7) is 0. The van der Waals surface area contributed by atoms with Crippen LogP contribution in [0.15, 0.2) is 78.9 Å². The fraction of sp³-hybridized carbons (Fsp3) is 0.158. The highest BCUT2D eigenvalue weighted by Crippen LogP contribution is 2.37. The summed E-state index contributed by atoms with van der Waals surface area (Å²) in [5, 5.41) is 11.4. The molecule has 2 aromatic carbocycles. The highest BCUT2D eigenvalue weighted by molar-refractivity contribution is 5.81. The molecule has 2 atom stereocenters. The van der Waals surface area contributed by atoms with E-state index in [0.717, 1.165) is 11.3 Å². The van der Waals surface area contributed by atoms with Crippen molar-refractivity contribution < 1.29 is 4.92 Å². The standard InChI is InChI=1S/C19H20N4O2/c1-22(16-10-6-3-7-11-16)19(21)13-12-18(20,23(24)25)14-17(19)15-8-4-2-5-9-15/h2-14H,20-21H2,1H3. The molecular formula is C19H20N4O2. The molecule has 3 rings (SSSR count).